The van der Waals surface area contributed by atoms with Crippen molar-refractivity contribution in [2.24, 2.45) is 12.5 Å². The van der Waals surface area contributed by atoms with Gasteiger partial charge in [0.15, 0.2) is 5.82 Å². The first-order valence-corrected chi connectivity index (χ1v) is 6.13. The second-order valence-electron chi connectivity index (χ2n) is 5.43. The molecule has 1 heterocycles. The van der Waals surface area contributed by atoms with E-state index in [0.29, 0.717) is 12.4 Å². The van der Waals surface area contributed by atoms with Crippen molar-refractivity contribution in [2.45, 2.75) is 32.6 Å². The fourth-order valence-corrected chi connectivity index (χ4v) is 2.10. The number of anilines is 1. The van der Waals surface area contributed by atoms with Crippen LogP contribution in [0.1, 0.15) is 27.2 Å². The van der Waals surface area contributed by atoms with Gasteiger partial charge in [-0.3, -0.25) is 4.79 Å². The Labute approximate surface area is 107 Å². The Bertz CT molecular complexity index is 422. The molecule has 0 amide bonds. The number of hydrogen-bond acceptors (Lipinski definition) is 3. The third-order valence-corrected chi connectivity index (χ3v) is 2.65. The van der Waals surface area contributed by atoms with Gasteiger partial charge >= 0.3 is 0 Å². The summed E-state index contributed by atoms with van der Waals surface area (Å²) in [6, 6.07) is 0. The highest BCUT2D eigenvalue weighted by Crippen LogP contribution is 2.23. The second kappa shape index (κ2) is 5.54. The van der Waals surface area contributed by atoms with Gasteiger partial charge in [0.25, 0.3) is 5.56 Å². The lowest BCUT2D eigenvalue weighted by Gasteiger charge is -2.22. The molecule has 0 fully saturated rings. The number of halogens is 1. The summed E-state index contributed by atoms with van der Waals surface area (Å²) in [5, 5.41) is 2.99. The molecule has 0 aliphatic carbocycles. The van der Waals surface area contributed by atoms with Crippen molar-refractivity contribution in [1.29, 1.82) is 0 Å². The van der Waals surface area contributed by atoms with Gasteiger partial charge in [-0.2, -0.15) is 0 Å². The Kier molecular flexibility index (Phi) is 4.57. The van der Waals surface area contributed by atoms with Crippen LogP contribution in [-0.4, -0.2) is 21.5 Å². The summed E-state index contributed by atoms with van der Waals surface area (Å²) in [5.41, 5.74) is 0.0514. The van der Waals surface area contributed by atoms with Crippen LogP contribution in [0.2, 0.25) is 0 Å². The van der Waals surface area contributed by atoms with Crippen molar-refractivity contribution in [3.63, 3.8) is 0 Å². The fraction of sp³-hybridized carbons (Fsp3) is 0.667. The third-order valence-electron chi connectivity index (χ3n) is 2.34. The molecule has 1 aromatic rings. The Morgan fingerprint density at radius 1 is 1.53 bits per heavy atom. The molecule has 1 atom stereocenters. The SMILES string of the molecule is Cn1ccnc(NCC(Cl)CC(C)(C)C)c1=O. The minimum atomic E-state index is -0.132. The van der Waals surface area contributed by atoms with E-state index in [9.17, 15) is 4.79 Å². The number of rotatable bonds is 4. The zero-order chi connectivity index (χ0) is 13.1. The first-order valence-electron chi connectivity index (χ1n) is 5.69. The molecule has 1 N–H and O–H groups in total. The van der Waals surface area contributed by atoms with Gasteiger partial charge in [-0.1, -0.05) is 20.8 Å². The lowest BCUT2D eigenvalue weighted by atomic mass is 9.90. The summed E-state index contributed by atoms with van der Waals surface area (Å²) in [6.07, 6.45) is 4.10. The van der Waals surface area contributed by atoms with E-state index < -0.39 is 0 Å². The van der Waals surface area contributed by atoms with E-state index in [1.54, 1.807) is 19.4 Å². The molecule has 4 nitrogen and oxygen atoms in total. The average Bonchev–Trinajstić information content (AvgIpc) is 2.18. The Balaban J connectivity index is 2.56. The summed E-state index contributed by atoms with van der Waals surface area (Å²) in [4.78, 5) is 15.7. The summed E-state index contributed by atoms with van der Waals surface area (Å²) >= 11 is 6.21. The first kappa shape index (κ1) is 14.0. The highest BCUT2D eigenvalue weighted by Gasteiger charge is 2.17. The monoisotopic (exact) mass is 257 g/mol. The first-order chi connectivity index (χ1) is 7.79. The molecule has 0 spiro atoms. The van der Waals surface area contributed by atoms with Gasteiger partial charge in [0, 0.05) is 26.0 Å². The maximum atomic E-state index is 11.7. The Morgan fingerprint density at radius 2 is 2.18 bits per heavy atom. The van der Waals surface area contributed by atoms with Gasteiger partial charge in [0.2, 0.25) is 0 Å². The van der Waals surface area contributed by atoms with Gasteiger partial charge in [0.1, 0.15) is 0 Å². The molecule has 0 aromatic carbocycles. The van der Waals surface area contributed by atoms with E-state index in [0.717, 1.165) is 6.42 Å². The van der Waals surface area contributed by atoms with E-state index in [4.69, 9.17) is 11.6 Å². The third kappa shape index (κ3) is 4.77. The minimum Gasteiger partial charge on any atom is -0.364 e. The molecule has 0 aliphatic heterocycles. The molecule has 17 heavy (non-hydrogen) atoms. The summed E-state index contributed by atoms with van der Waals surface area (Å²) in [7, 11) is 1.70. The van der Waals surface area contributed by atoms with Gasteiger partial charge in [-0.25, -0.2) is 4.98 Å². The van der Waals surface area contributed by atoms with Crippen LogP contribution in [-0.2, 0) is 7.05 Å². The Hall–Kier alpha value is -1.03. The van der Waals surface area contributed by atoms with Gasteiger partial charge < -0.3 is 9.88 Å². The molecule has 1 rings (SSSR count). The number of alkyl halides is 1. The van der Waals surface area contributed by atoms with Crippen molar-refractivity contribution < 1.29 is 0 Å². The van der Waals surface area contributed by atoms with Crippen molar-refractivity contribution in [1.82, 2.24) is 9.55 Å². The predicted octanol–water partition coefficient (Wildman–Crippen LogP) is 2.24. The van der Waals surface area contributed by atoms with Crippen LogP contribution in [0, 0.1) is 5.41 Å². The molecule has 96 valence electrons. The van der Waals surface area contributed by atoms with Crippen molar-refractivity contribution in [2.75, 3.05) is 11.9 Å². The Morgan fingerprint density at radius 3 is 2.76 bits per heavy atom. The molecule has 0 bridgehead atoms. The summed E-state index contributed by atoms with van der Waals surface area (Å²) < 4.78 is 1.49. The molecular formula is C12H20ClN3O. The maximum Gasteiger partial charge on any atom is 0.293 e. The van der Waals surface area contributed by atoms with Crippen LogP contribution in [0.25, 0.3) is 0 Å². The van der Waals surface area contributed by atoms with Crippen LogP contribution in [0.4, 0.5) is 5.82 Å². The molecule has 0 saturated heterocycles. The van der Waals surface area contributed by atoms with E-state index in [1.807, 2.05) is 0 Å². The lowest BCUT2D eigenvalue weighted by Crippen LogP contribution is -2.26. The van der Waals surface area contributed by atoms with Crippen LogP contribution in [0.5, 0.6) is 0 Å². The number of nitrogens with zero attached hydrogens (tertiary/aromatic N) is 2. The maximum absolute atomic E-state index is 11.7. The summed E-state index contributed by atoms with van der Waals surface area (Å²) in [6.45, 7) is 6.97. The van der Waals surface area contributed by atoms with E-state index in [2.05, 4.69) is 31.1 Å². The number of aryl methyl sites for hydroxylation is 1. The smallest absolute Gasteiger partial charge is 0.293 e. The van der Waals surface area contributed by atoms with Crippen LogP contribution in [0.3, 0.4) is 0 Å². The molecular weight excluding hydrogens is 238 g/mol. The molecule has 1 aromatic heterocycles. The largest absolute Gasteiger partial charge is 0.364 e. The normalized spacial score (nSPS) is 13.5. The lowest BCUT2D eigenvalue weighted by molar-refractivity contribution is 0.373. The summed E-state index contributed by atoms with van der Waals surface area (Å²) in [5.74, 6) is 0.356. The van der Waals surface area contributed by atoms with E-state index in [-0.39, 0.29) is 16.4 Å². The topological polar surface area (TPSA) is 46.9 Å². The molecule has 1 unspecified atom stereocenters. The number of hydrogen-bond donors (Lipinski definition) is 1. The predicted molar refractivity (Wildman–Crippen MR) is 71.7 cm³/mol. The zero-order valence-electron chi connectivity index (χ0n) is 10.8. The molecule has 0 radical (unpaired) electrons. The zero-order valence-corrected chi connectivity index (χ0v) is 11.6. The van der Waals surface area contributed by atoms with E-state index >= 15 is 0 Å². The second-order valence-corrected chi connectivity index (χ2v) is 6.05. The van der Waals surface area contributed by atoms with Gasteiger partial charge in [0.05, 0.1) is 5.38 Å². The van der Waals surface area contributed by atoms with Crippen molar-refractivity contribution >= 4 is 17.4 Å². The van der Waals surface area contributed by atoms with Crippen LogP contribution >= 0.6 is 11.6 Å². The highest BCUT2D eigenvalue weighted by atomic mass is 35.5. The van der Waals surface area contributed by atoms with Gasteiger partial charge in [-0.05, 0) is 11.8 Å². The van der Waals surface area contributed by atoms with E-state index in [1.165, 1.54) is 4.57 Å². The van der Waals surface area contributed by atoms with Crippen molar-refractivity contribution in [3.8, 4) is 0 Å². The molecule has 0 aliphatic rings. The standard InChI is InChI=1S/C12H20ClN3O/c1-12(2,3)7-9(13)8-15-10-11(17)16(4)6-5-14-10/h5-6,9H,7-8H2,1-4H3,(H,14,15). The van der Waals surface area contributed by atoms with Crippen LogP contribution < -0.4 is 10.9 Å². The van der Waals surface area contributed by atoms with Crippen LogP contribution in [0.15, 0.2) is 17.2 Å². The minimum absolute atomic E-state index is 0.0123. The van der Waals surface area contributed by atoms with Crippen molar-refractivity contribution in [3.05, 3.63) is 22.7 Å². The molecule has 0 saturated carbocycles. The average molecular weight is 258 g/mol. The number of aromatic nitrogens is 2. The quantitative estimate of drug-likeness (QED) is 0.842. The molecule has 5 heteroatoms. The fourth-order valence-electron chi connectivity index (χ4n) is 1.56. The van der Waals surface area contributed by atoms with Gasteiger partial charge in [-0.15, -0.1) is 11.6 Å². The number of nitrogens with one attached hydrogen (secondary N) is 1. The highest BCUT2D eigenvalue weighted by molar-refractivity contribution is 6.20.